The van der Waals surface area contributed by atoms with Gasteiger partial charge in [0.2, 0.25) is 0 Å². The number of esters is 1. The number of carbonyl (C=O) groups is 2. The van der Waals surface area contributed by atoms with Crippen molar-refractivity contribution >= 4 is 17.6 Å². The van der Waals surface area contributed by atoms with Gasteiger partial charge in [-0.15, -0.1) is 0 Å². The van der Waals surface area contributed by atoms with E-state index in [1.54, 1.807) is 4.90 Å². The number of ether oxygens (including phenoxy) is 2. The number of hydrogen-bond acceptors (Lipinski definition) is 4. The van der Waals surface area contributed by atoms with E-state index in [4.69, 9.17) is 9.47 Å². The first kappa shape index (κ1) is 17.5. The van der Waals surface area contributed by atoms with Crippen LogP contribution in [0, 0.1) is 5.92 Å². The van der Waals surface area contributed by atoms with Crippen LogP contribution < -0.4 is 0 Å². The summed E-state index contributed by atoms with van der Waals surface area (Å²) in [5, 5.41) is 0. The quantitative estimate of drug-likeness (QED) is 0.769. The van der Waals surface area contributed by atoms with Crippen LogP contribution in [0.3, 0.4) is 0 Å². The lowest BCUT2D eigenvalue weighted by Gasteiger charge is -2.31. The first-order valence-corrected chi connectivity index (χ1v) is 8.68. The van der Waals surface area contributed by atoms with E-state index in [1.165, 1.54) is 0 Å². The maximum atomic E-state index is 12.7. The molecule has 3 rings (SSSR count). The topological polar surface area (TPSA) is 55.8 Å². The molecule has 2 aliphatic rings. The van der Waals surface area contributed by atoms with Crippen molar-refractivity contribution in [3.8, 4) is 0 Å². The summed E-state index contributed by atoms with van der Waals surface area (Å²) in [6.07, 6.45) is -0.758. The zero-order valence-corrected chi connectivity index (χ0v) is 15.4. The number of nitrogens with zero attached hydrogens (tertiary/aromatic N) is 1. The van der Waals surface area contributed by atoms with Gasteiger partial charge in [-0.2, -0.15) is 0 Å². The second kappa shape index (κ2) is 6.21. The fourth-order valence-electron chi connectivity index (χ4n) is 3.54. The summed E-state index contributed by atoms with van der Waals surface area (Å²) in [5.74, 6) is -0.168. The van der Waals surface area contributed by atoms with Crippen LogP contribution in [0.25, 0.3) is 5.57 Å². The minimum atomic E-state index is -0.566. The van der Waals surface area contributed by atoms with Gasteiger partial charge < -0.3 is 9.47 Å². The predicted octanol–water partition coefficient (Wildman–Crippen LogP) is 3.64. The third-order valence-electron chi connectivity index (χ3n) is 4.49. The van der Waals surface area contributed by atoms with Gasteiger partial charge in [0.05, 0.1) is 18.2 Å². The minimum absolute atomic E-state index is 0.137. The van der Waals surface area contributed by atoms with Crippen molar-refractivity contribution in [2.45, 2.75) is 52.4 Å². The zero-order valence-electron chi connectivity index (χ0n) is 15.4. The van der Waals surface area contributed by atoms with Crippen LogP contribution in [-0.4, -0.2) is 41.3 Å². The summed E-state index contributed by atoms with van der Waals surface area (Å²) in [5.41, 5.74) is 1.73. The van der Waals surface area contributed by atoms with Gasteiger partial charge in [-0.3, -0.25) is 4.90 Å². The molecule has 2 atom stereocenters. The first-order valence-electron chi connectivity index (χ1n) is 8.68. The first-order chi connectivity index (χ1) is 11.7. The standard InChI is InChI=1S/C20H25NO4/c1-12(2)16-17-14(11-21(16)19(23)25-20(3,4)5)15(18(22)24-17)13-9-7-6-8-10-13/h6-10,12,16-17H,11H2,1-5H3/t16-,17+/m0/s1. The molecule has 2 aliphatic heterocycles. The van der Waals surface area contributed by atoms with E-state index in [2.05, 4.69) is 0 Å². The Morgan fingerprint density at radius 1 is 1.24 bits per heavy atom. The molecule has 1 saturated heterocycles. The Morgan fingerprint density at radius 3 is 2.44 bits per heavy atom. The summed E-state index contributed by atoms with van der Waals surface area (Å²) in [6.45, 7) is 9.96. The van der Waals surface area contributed by atoms with Gasteiger partial charge in [0.15, 0.2) is 0 Å². The highest BCUT2D eigenvalue weighted by molar-refractivity contribution is 6.20. The van der Waals surface area contributed by atoms with Crippen molar-refractivity contribution in [2.75, 3.05) is 6.54 Å². The van der Waals surface area contributed by atoms with E-state index in [0.29, 0.717) is 12.1 Å². The van der Waals surface area contributed by atoms with Crippen LogP contribution in [0.5, 0.6) is 0 Å². The Morgan fingerprint density at radius 2 is 1.88 bits per heavy atom. The third-order valence-corrected chi connectivity index (χ3v) is 4.49. The molecule has 25 heavy (non-hydrogen) atoms. The number of carbonyl (C=O) groups excluding carboxylic acids is 2. The molecule has 0 N–H and O–H groups in total. The smallest absolute Gasteiger partial charge is 0.410 e. The summed E-state index contributed by atoms with van der Waals surface area (Å²) in [6, 6.07) is 9.27. The highest BCUT2D eigenvalue weighted by Gasteiger charge is 2.51. The number of rotatable bonds is 2. The van der Waals surface area contributed by atoms with Gasteiger partial charge in [0.1, 0.15) is 11.7 Å². The van der Waals surface area contributed by atoms with E-state index in [-0.39, 0.29) is 24.0 Å². The normalized spacial score (nSPS) is 23.1. The number of hydrogen-bond donors (Lipinski definition) is 0. The van der Waals surface area contributed by atoms with Gasteiger partial charge in [-0.25, -0.2) is 9.59 Å². The van der Waals surface area contributed by atoms with Gasteiger partial charge in [0, 0.05) is 5.57 Å². The van der Waals surface area contributed by atoms with Crippen LogP contribution in [0.2, 0.25) is 0 Å². The molecule has 0 aliphatic carbocycles. The minimum Gasteiger partial charge on any atom is -0.452 e. The lowest BCUT2D eigenvalue weighted by Crippen LogP contribution is -2.46. The highest BCUT2D eigenvalue weighted by Crippen LogP contribution is 2.41. The maximum Gasteiger partial charge on any atom is 0.410 e. The SMILES string of the molecule is CC(C)[C@H]1[C@@H]2OC(=O)C(c3ccccc3)=C2CN1C(=O)OC(C)(C)C. The molecular weight excluding hydrogens is 318 g/mol. The number of amides is 1. The van der Waals surface area contributed by atoms with E-state index < -0.39 is 11.7 Å². The van der Waals surface area contributed by atoms with Crippen LogP contribution in [0.4, 0.5) is 4.79 Å². The molecule has 0 spiro atoms. The molecule has 1 aromatic carbocycles. The molecule has 1 amide bonds. The lowest BCUT2D eigenvalue weighted by molar-refractivity contribution is -0.139. The zero-order chi connectivity index (χ0) is 18.4. The van der Waals surface area contributed by atoms with Gasteiger partial charge in [0.25, 0.3) is 0 Å². The summed E-state index contributed by atoms with van der Waals surface area (Å²) in [7, 11) is 0. The van der Waals surface area contributed by atoms with E-state index in [0.717, 1.165) is 11.1 Å². The Labute approximate surface area is 148 Å². The highest BCUT2D eigenvalue weighted by atomic mass is 16.6. The molecule has 134 valence electrons. The van der Waals surface area contributed by atoms with Crippen molar-refractivity contribution in [2.24, 2.45) is 5.92 Å². The van der Waals surface area contributed by atoms with Crippen LogP contribution >= 0.6 is 0 Å². The summed E-state index contributed by atoms with van der Waals surface area (Å²) < 4.78 is 11.2. The number of benzene rings is 1. The molecule has 1 aromatic rings. The van der Waals surface area contributed by atoms with Crippen molar-refractivity contribution in [1.82, 2.24) is 4.90 Å². The number of fused-ring (bicyclic) bond motifs is 1. The average molecular weight is 343 g/mol. The Balaban J connectivity index is 1.99. The largest absolute Gasteiger partial charge is 0.452 e. The van der Waals surface area contributed by atoms with Gasteiger partial charge >= 0.3 is 12.1 Å². The summed E-state index contributed by atoms with van der Waals surface area (Å²) in [4.78, 5) is 26.8. The molecule has 2 heterocycles. The second-order valence-corrected chi connectivity index (χ2v) is 7.94. The lowest BCUT2D eigenvalue weighted by atomic mass is 9.94. The van der Waals surface area contributed by atoms with Crippen molar-refractivity contribution in [3.05, 3.63) is 41.5 Å². The molecule has 0 bridgehead atoms. The molecule has 5 heteroatoms. The monoisotopic (exact) mass is 343 g/mol. The van der Waals surface area contributed by atoms with Crippen LogP contribution in [-0.2, 0) is 14.3 Å². The summed E-state index contributed by atoms with van der Waals surface area (Å²) >= 11 is 0. The second-order valence-electron chi connectivity index (χ2n) is 7.94. The van der Waals surface area contributed by atoms with Gasteiger partial charge in [-0.05, 0) is 32.3 Å². The Bertz CT molecular complexity index is 715. The fourth-order valence-corrected chi connectivity index (χ4v) is 3.54. The Kier molecular flexibility index (Phi) is 4.35. The molecule has 0 unspecified atom stereocenters. The van der Waals surface area contributed by atoms with Crippen LogP contribution in [0.15, 0.2) is 35.9 Å². The third kappa shape index (κ3) is 3.28. The van der Waals surface area contributed by atoms with E-state index in [1.807, 2.05) is 65.0 Å². The molecule has 0 radical (unpaired) electrons. The van der Waals surface area contributed by atoms with Gasteiger partial charge in [-0.1, -0.05) is 44.2 Å². The Hall–Kier alpha value is -2.30. The average Bonchev–Trinajstić information content (AvgIpc) is 3.00. The predicted molar refractivity (Wildman–Crippen MR) is 94.8 cm³/mol. The van der Waals surface area contributed by atoms with Crippen molar-refractivity contribution < 1.29 is 19.1 Å². The molecule has 1 fully saturated rings. The van der Waals surface area contributed by atoms with Crippen LogP contribution in [0.1, 0.15) is 40.2 Å². The van der Waals surface area contributed by atoms with E-state index >= 15 is 0 Å². The van der Waals surface area contributed by atoms with Crippen molar-refractivity contribution in [1.29, 1.82) is 0 Å². The number of likely N-dealkylation sites (tertiary alicyclic amines) is 1. The maximum absolute atomic E-state index is 12.7. The van der Waals surface area contributed by atoms with Crippen molar-refractivity contribution in [3.63, 3.8) is 0 Å². The fraction of sp³-hybridized carbons (Fsp3) is 0.500. The molecule has 5 nitrogen and oxygen atoms in total. The molecule has 0 saturated carbocycles. The molecule has 0 aromatic heterocycles. The van der Waals surface area contributed by atoms with E-state index in [9.17, 15) is 9.59 Å². The molecular formula is C20H25NO4.